The second kappa shape index (κ2) is 2.07. The first-order chi connectivity index (χ1) is 4.66. The number of hydrogen-bond donors (Lipinski definition) is 1. The van der Waals surface area contributed by atoms with Crippen LogP contribution in [0.2, 0.25) is 0 Å². The van der Waals surface area contributed by atoms with Crippen molar-refractivity contribution < 1.29 is 0 Å². The molecule has 1 aromatic rings. The Morgan fingerprint density at radius 3 is 2.50 bits per heavy atom. The van der Waals surface area contributed by atoms with Crippen LogP contribution in [0.15, 0.2) is 6.07 Å². The lowest BCUT2D eigenvalue weighted by molar-refractivity contribution is 0.894. The monoisotopic (exact) mass is 135 g/mol. The van der Waals surface area contributed by atoms with Crippen molar-refractivity contribution in [2.75, 3.05) is 5.73 Å². The summed E-state index contributed by atoms with van der Waals surface area (Å²) in [5, 5.41) is 8.51. The van der Waals surface area contributed by atoms with Crippen molar-refractivity contribution in [1.82, 2.24) is 4.57 Å². The molecule has 0 aliphatic heterocycles. The lowest BCUT2D eigenvalue weighted by Crippen LogP contribution is -1.98. The van der Waals surface area contributed by atoms with Crippen LogP contribution in [0.5, 0.6) is 0 Å². The minimum Gasteiger partial charge on any atom is -0.384 e. The van der Waals surface area contributed by atoms with Gasteiger partial charge in [-0.1, -0.05) is 0 Å². The van der Waals surface area contributed by atoms with Crippen LogP contribution >= 0.6 is 0 Å². The molecule has 0 aromatic carbocycles. The van der Waals surface area contributed by atoms with Gasteiger partial charge in [-0.25, -0.2) is 0 Å². The predicted molar refractivity (Wildman–Crippen MR) is 39.3 cm³/mol. The number of nitrogen functional groups attached to an aromatic ring is 1. The van der Waals surface area contributed by atoms with Gasteiger partial charge in [0.15, 0.2) is 0 Å². The molecule has 3 nitrogen and oxygen atoms in total. The van der Waals surface area contributed by atoms with Gasteiger partial charge in [-0.15, -0.1) is 0 Å². The minimum absolute atomic E-state index is 0.542. The lowest BCUT2D eigenvalue weighted by Gasteiger charge is -1.96. The summed E-state index contributed by atoms with van der Waals surface area (Å²) < 4.78 is 1.79. The summed E-state index contributed by atoms with van der Waals surface area (Å²) in [4.78, 5) is 0. The summed E-state index contributed by atoms with van der Waals surface area (Å²) in [6.45, 7) is 1.91. The Bertz CT molecular complexity index is 291. The standard InChI is InChI=1S/C7H9N3/c1-5-3-6(4-8)7(9)10(5)2/h3H,9H2,1-2H3. The molecule has 0 saturated carbocycles. The van der Waals surface area contributed by atoms with Crippen molar-refractivity contribution in [1.29, 1.82) is 5.26 Å². The van der Waals surface area contributed by atoms with Crippen molar-refractivity contribution in [3.8, 4) is 6.07 Å². The number of aromatic nitrogens is 1. The largest absolute Gasteiger partial charge is 0.384 e. The van der Waals surface area contributed by atoms with E-state index < -0.39 is 0 Å². The van der Waals surface area contributed by atoms with Crippen LogP contribution in [0.25, 0.3) is 0 Å². The Morgan fingerprint density at radius 2 is 2.30 bits per heavy atom. The van der Waals surface area contributed by atoms with Crippen LogP contribution in [0.1, 0.15) is 11.3 Å². The molecular weight excluding hydrogens is 126 g/mol. The first-order valence-electron chi connectivity index (χ1n) is 2.98. The molecule has 0 fully saturated rings. The van der Waals surface area contributed by atoms with Gasteiger partial charge < -0.3 is 10.3 Å². The van der Waals surface area contributed by atoms with E-state index in [1.54, 1.807) is 10.6 Å². The maximum absolute atomic E-state index is 8.51. The molecule has 2 N–H and O–H groups in total. The van der Waals surface area contributed by atoms with Crippen LogP contribution in [-0.4, -0.2) is 4.57 Å². The molecule has 0 amide bonds. The summed E-state index contributed by atoms with van der Waals surface area (Å²) in [6, 6.07) is 3.78. The van der Waals surface area contributed by atoms with Crippen LogP contribution in [0.3, 0.4) is 0 Å². The number of anilines is 1. The van der Waals surface area contributed by atoms with Crippen LogP contribution in [0, 0.1) is 18.3 Å². The van der Waals surface area contributed by atoms with Crippen molar-refractivity contribution in [2.24, 2.45) is 7.05 Å². The third-order valence-electron chi connectivity index (χ3n) is 1.64. The van der Waals surface area contributed by atoms with Crippen LogP contribution in [-0.2, 0) is 7.05 Å². The van der Waals surface area contributed by atoms with Gasteiger partial charge in [-0.3, -0.25) is 0 Å². The third-order valence-corrected chi connectivity index (χ3v) is 1.64. The molecule has 0 unspecified atom stereocenters. The van der Waals surface area contributed by atoms with E-state index in [0.29, 0.717) is 11.4 Å². The van der Waals surface area contributed by atoms with E-state index in [1.807, 2.05) is 20.0 Å². The second-order valence-corrected chi connectivity index (χ2v) is 2.26. The van der Waals surface area contributed by atoms with Crippen LogP contribution in [0.4, 0.5) is 5.82 Å². The summed E-state index contributed by atoms with van der Waals surface area (Å²) in [5.41, 5.74) is 7.12. The average molecular weight is 135 g/mol. The fraction of sp³-hybridized carbons (Fsp3) is 0.286. The molecule has 1 heterocycles. The number of aryl methyl sites for hydroxylation is 1. The van der Waals surface area contributed by atoms with Gasteiger partial charge in [0.05, 0.1) is 5.56 Å². The fourth-order valence-electron chi connectivity index (χ4n) is 0.840. The Hall–Kier alpha value is -1.43. The average Bonchev–Trinajstić information content (AvgIpc) is 2.17. The van der Waals surface area contributed by atoms with E-state index in [1.165, 1.54) is 0 Å². The maximum atomic E-state index is 8.51. The highest BCUT2D eigenvalue weighted by atomic mass is 15.0. The van der Waals surface area contributed by atoms with Gasteiger partial charge in [0.25, 0.3) is 0 Å². The molecule has 1 aromatic heterocycles. The van der Waals surface area contributed by atoms with E-state index in [0.717, 1.165) is 5.69 Å². The summed E-state index contributed by atoms with van der Waals surface area (Å²) in [5.74, 6) is 0.542. The van der Waals surface area contributed by atoms with Crippen molar-refractivity contribution in [2.45, 2.75) is 6.92 Å². The molecule has 0 bridgehead atoms. The number of hydrogen-bond acceptors (Lipinski definition) is 2. The third kappa shape index (κ3) is 0.742. The molecule has 0 radical (unpaired) electrons. The van der Waals surface area contributed by atoms with Gasteiger partial charge >= 0.3 is 0 Å². The molecule has 1 rings (SSSR count). The first-order valence-corrected chi connectivity index (χ1v) is 2.98. The first kappa shape index (κ1) is 6.69. The van der Waals surface area contributed by atoms with E-state index >= 15 is 0 Å². The quantitative estimate of drug-likeness (QED) is 0.571. The molecular formula is C7H9N3. The van der Waals surface area contributed by atoms with Crippen LogP contribution < -0.4 is 5.73 Å². The maximum Gasteiger partial charge on any atom is 0.121 e. The Kier molecular flexibility index (Phi) is 1.38. The van der Waals surface area contributed by atoms with Gasteiger partial charge in [0, 0.05) is 12.7 Å². The van der Waals surface area contributed by atoms with Crippen molar-refractivity contribution in [3.05, 3.63) is 17.3 Å². The lowest BCUT2D eigenvalue weighted by atomic mass is 10.3. The normalized spacial score (nSPS) is 9.30. The van der Waals surface area contributed by atoms with E-state index in [9.17, 15) is 0 Å². The SMILES string of the molecule is Cc1cc(C#N)c(N)n1C. The highest BCUT2D eigenvalue weighted by Gasteiger charge is 2.03. The van der Waals surface area contributed by atoms with Crippen molar-refractivity contribution >= 4 is 5.82 Å². The zero-order valence-electron chi connectivity index (χ0n) is 6.05. The Balaban J connectivity index is 3.34. The Morgan fingerprint density at radius 1 is 1.70 bits per heavy atom. The topological polar surface area (TPSA) is 54.7 Å². The molecule has 0 spiro atoms. The number of rotatable bonds is 0. The smallest absolute Gasteiger partial charge is 0.121 e. The number of nitriles is 1. The van der Waals surface area contributed by atoms with E-state index in [-0.39, 0.29) is 0 Å². The van der Waals surface area contributed by atoms with E-state index in [4.69, 9.17) is 11.0 Å². The summed E-state index contributed by atoms with van der Waals surface area (Å²) in [7, 11) is 1.84. The number of nitrogens with zero attached hydrogens (tertiary/aromatic N) is 2. The van der Waals surface area contributed by atoms with E-state index in [2.05, 4.69) is 0 Å². The van der Waals surface area contributed by atoms with Gasteiger partial charge in [0.2, 0.25) is 0 Å². The Labute approximate surface area is 59.7 Å². The molecule has 0 atom stereocenters. The van der Waals surface area contributed by atoms with Gasteiger partial charge in [-0.2, -0.15) is 5.26 Å². The predicted octanol–water partition coefficient (Wildman–Crippen LogP) is 0.787. The second-order valence-electron chi connectivity index (χ2n) is 2.26. The number of nitrogens with two attached hydrogens (primary N) is 1. The highest BCUT2D eigenvalue weighted by Crippen LogP contribution is 2.14. The van der Waals surface area contributed by atoms with Crippen molar-refractivity contribution in [3.63, 3.8) is 0 Å². The molecule has 10 heavy (non-hydrogen) atoms. The highest BCUT2D eigenvalue weighted by molar-refractivity contribution is 5.51. The van der Waals surface area contributed by atoms with Gasteiger partial charge in [-0.05, 0) is 13.0 Å². The summed E-state index contributed by atoms with van der Waals surface area (Å²) >= 11 is 0. The molecule has 0 saturated heterocycles. The summed E-state index contributed by atoms with van der Waals surface area (Å²) in [6.07, 6.45) is 0. The van der Waals surface area contributed by atoms with Gasteiger partial charge in [0.1, 0.15) is 11.9 Å². The zero-order chi connectivity index (χ0) is 7.72. The zero-order valence-corrected chi connectivity index (χ0v) is 6.05. The molecule has 0 aliphatic rings. The minimum atomic E-state index is 0.542. The molecule has 0 aliphatic carbocycles. The fourth-order valence-corrected chi connectivity index (χ4v) is 0.840. The molecule has 52 valence electrons. The molecule has 3 heteroatoms.